The van der Waals surface area contributed by atoms with Crippen molar-refractivity contribution in [2.24, 2.45) is 0 Å². The number of para-hydroxylation sites is 6. The second-order valence-corrected chi connectivity index (χ2v) is 26.3. The lowest BCUT2D eigenvalue weighted by Crippen LogP contribution is -2.20. The third kappa shape index (κ3) is 7.39. The van der Waals surface area contributed by atoms with Crippen LogP contribution in [-0.4, -0.2) is 28.2 Å². The van der Waals surface area contributed by atoms with Crippen molar-refractivity contribution in [1.29, 1.82) is 0 Å². The number of fused-ring (bicyclic) bond motifs is 15. The number of hydrogen-bond donors (Lipinski definition) is 0. The van der Waals surface area contributed by atoms with E-state index >= 15 is 4.57 Å². The van der Waals surface area contributed by atoms with Gasteiger partial charge in [0, 0.05) is 82.0 Å². The highest BCUT2D eigenvalue weighted by Gasteiger charge is 2.40. The maximum Gasteiger partial charge on any atom is 0.237 e. The molecule has 0 amide bonds. The molecule has 13 aromatic carbocycles. The molecule has 1 aliphatic rings. The third-order valence-corrected chi connectivity index (χ3v) is 22.0. The van der Waals surface area contributed by atoms with E-state index in [0.717, 1.165) is 121 Å². The van der Waals surface area contributed by atoms with Crippen LogP contribution in [0.15, 0.2) is 309 Å². The molecule has 5 aromatic heterocycles. The number of aromatic nitrogens is 6. The first-order valence-electron chi connectivity index (χ1n) is 30.6. The molecule has 420 valence electrons. The molecule has 0 radical (unpaired) electrons. The number of benzene rings is 13. The summed E-state index contributed by atoms with van der Waals surface area (Å²) in [7, 11) is -3.19. The van der Waals surface area contributed by atoms with E-state index < -0.39 is 7.14 Å². The van der Waals surface area contributed by atoms with Gasteiger partial charge >= 0.3 is 0 Å². The molecule has 0 aliphatic carbocycles. The maximum atomic E-state index is 15.7. The fourth-order valence-electron chi connectivity index (χ4n) is 14.8. The van der Waals surface area contributed by atoms with Crippen molar-refractivity contribution in [2.75, 3.05) is 0 Å². The van der Waals surface area contributed by atoms with Gasteiger partial charge in [-0.15, -0.1) is 0 Å². The Morgan fingerprint density at radius 2 is 0.589 bits per heavy atom. The van der Waals surface area contributed by atoms with Gasteiger partial charge in [-0.3, -0.25) is 9.13 Å². The van der Waals surface area contributed by atoms with Crippen molar-refractivity contribution in [3.05, 3.63) is 309 Å². The predicted molar refractivity (Wildman–Crippen MR) is 374 cm³/mol. The zero-order valence-electron chi connectivity index (χ0n) is 48.5. The Morgan fingerprint density at radius 1 is 0.256 bits per heavy atom. The lowest BCUT2D eigenvalue weighted by Gasteiger charge is -2.17. The predicted octanol–water partition coefficient (Wildman–Crippen LogP) is 19.5. The summed E-state index contributed by atoms with van der Waals surface area (Å²) in [6.45, 7) is 0. The number of rotatable bonds is 8. The van der Waals surface area contributed by atoms with Crippen molar-refractivity contribution in [3.63, 3.8) is 0 Å². The minimum atomic E-state index is -3.19. The quantitative estimate of drug-likeness (QED) is 0.142. The van der Waals surface area contributed by atoms with Crippen LogP contribution in [0.4, 0.5) is 0 Å². The van der Waals surface area contributed by atoms with Crippen molar-refractivity contribution >= 4 is 110 Å². The van der Waals surface area contributed by atoms with Crippen LogP contribution in [0.25, 0.3) is 155 Å². The largest absolute Gasteiger partial charge is 0.309 e. The molecule has 6 heterocycles. The van der Waals surface area contributed by atoms with Gasteiger partial charge in [0.25, 0.3) is 0 Å². The van der Waals surface area contributed by atoms with Gasteiger partial charge in [-0.25, -0.2) is 4.98 Å². The molecule has 0 bridgehead atoms. The average Bonchev–Trinajstić information content (AvgIpc) is 1.69. The van der Waals surface area contributed by atoms with E-state index in [1.165, 1.54) is 43.6 Å². The molecule has 0 unspecified atom stereocenters. The number of nitrogens with zero attached hydrogens (tertiary/aromatic N) is 6. The van der Waals surface area contributed by atoms with Crippen LogP contribution >= 0.6 is 7.14 Å². The Kier molecular flexibility index (Phi) is 10.9. The van der Waals surface area contributed by atoms with Gasteiger partial charge in [-0.05, 0) is 130 Å². The molecule has 0 saturated carbocycles. The summed E-state index contributed by atoms with van der Waals surface area (Å²) >= 11 is 0. The SMILES string of the molecule is O=P1(c2ccc(-c3cc(-n4c5ccccc5c5cc(-c6ccc7c(c6)c6ccccc6n7-c6ccccc6)ccc54)nc(-n4c5ccccc5c5cc(-c6ccc7c(c6)c6ccccc6n7-c6ccccc6)ccc54)n3)cc2)c2ccccc2-c2ccccc21. The fourth-order valence-corrected chi connectivity index (χ4v) is 17.8. The fraction of sp³-hybridized carbons (Fsp3) is 0. The normalized spacial score (nSPS) is 12.8. The van der Waals surface area contributed by atoms with E-state index in [1.807, 2.05) is 48.5 Å². The highest BCUT2D eigenvalue weighted by Crippen LogP contribution is 2.52. The summed E-state index contributed by atoms with van der Waals surface area (Å²) in [5.41, 5.74) is 19.2. The van der Waals surface area contributed by atoms with Crippen molar-refractivity contribution in [1.82, 2.24) is 28.2 Å². The Labute approximate surface area is 517 Å². The first kappa shape index (κ1) is 50.5. The Bertz CT molecular complexity index is 5730. The minimum absolute atomic E-state index is 0.539. The zero-order valence-corrected chi connectivity index (χ0v) is 49.4. The molecule has 0 N–H and O–H groups in total. The second-order valence-electron chi connectivity index (χ2n) is 23.6. The first-order valence-corrected chi connectivity index (χ1v) is 32.3. The van der Waals surface area contributed by atoms with Crippen LogP contribution in [-0.2, 0) is 4.57 Å². The molecule has 0 atom stereocenters. The summed E-state index contributed by atoms with van der Waals surface area (Å²) in [4.78, 5) is 11.3. The van der Waals surface area contributed by atoms with Gasteiger partial charge in [-0.2, -0.15) is 4.98 Å². The molecule has 19 rings (SSSR count). The van der Waals surface area contributed by atoms with Crippen LogP contribution < -0.4 is 15.9 Å². The molecule has 18 aromatic rings. The topological polar surface area (TPSA) is 62.6 Å². The lowest BCUT2D eigenvalue weighted by molar-refractivity contribution is 0.593. The highest BCUT2D eigenvalue weighted by atomic mass is 31.2. The van der Waals surface area contributed by atoms with Crippen LogP contribution in [0.5, 0.6) is 0 Å². The highest BCUT2D eigenvalue weighted by molar-refractivity contribution is 7.86. The molecule has 7 nitrogen and oxygen atoms in total. The molecular weight excluding hydrogens is 1120 g/mol. The van der Waals surface area contributed by atoms with Gasteiger partial charge in [-0.1, -0.05) is 206 Å². The third-order valence-electron chi connectivity index (χ3n) is 18.8. The summed E-state index contributed by atoms with van der Waals surface area (Å²) in [6.07, 6.45) is 0. The van der Waals surface area contributed by atoms with Crippen molar-refractivity contribution in [2.45, 2.75) is 0 Å². The molecular formula is C82H51N6OP. The molecule has 90 heavy (non-hydrogen) atoms. The monoisotopic (exact) mass is 1170 g/mol. The molecule has 8 heteroatoms. The van der Waals surface area contributed by atoms with Crippen LogP contribution in [0.1, 0.15) is 0 Å². The van der Waals surface area contributed by atoms with E-state index in [1.54, 1.807) is 0 Å². The van der Waals surface area contributed by atoms with E-state index in [9.17, 15) is 0 Å². The molecule has 0 fully saturated rings. The lowest BCUT2D eigenvalue weighted by atomic mass is 10.0. The number of hydrogen-bond acceptors (Lipinski definition) is 3. The summed E-state index contributed by atoms with van der Waals surface area (Å²) in [6, 6.07) is 110. The van der Waals surface area contributed by atoms with Gasteiger partial charge < -0.3 is 13.7 Å². The standard InChI is InChI=1S/C82H51N6OP/c89-90(79-33-17-11-27-64(79)65-28-12-18-34-80(65)90)59-41-35-52(36-42-59)70-51-81(87-73-31-15-9-25-62(73)68-49-55(39-45-77(68)87)53-37-43-75-66(47-53)60-23-7-13-29-71(60)85(75)57-19-3-1-4-20-57)84-82(83-70)88-74-32-16-10-26-63(74)69-50-56(40-46-78(69)88)54-38-44-76-67(48-54)61-24-8-14-30-72(61)86(76)58-21-5-2-6-22-58/h1-51H. The average molecular weight is 1170 g/mol. The minimum Gasteiger partial charge on any atom is -0.309 e. The molecule has 1 aliphatic heterocycles. The van der Waals surface area contributed by atoms with Crippen molar-refractivity contribution < 1.29 is 4.57 Å². The van der Waals surface area contributed by atoms with Gasteiger partial charge in [0.1, 0.15) is 5.82 Å². The van der Waals surface area contributed by atoms with E-state index in [-0.39, 0.29) is 0 Å². The van der Waals surface area contributed by atoms with Crippen molar-refractivity contribution in [3.8, 4) is 67.8 Å². The van der Waals surface area contributed by atoms with Gasteiger partial charge in [0.15, 0.2) is 7.14 Å². The van der Waals surface area contributed by atoms with E-state index in [0.29, 0.717) is 5.95 Å². The molecule has 0 spiro atoms. The Morgan fingerprint density at radius 3 is 1.03 bits per heavy atom. The smallest absolute Gasteiger partial charge is 0.237 e. The van der Waals surface area contributed by atoms with Crippen LogP contribution in [0.3, 0.4) is 0 Å². The van der Waals surface area contributed by atoms with E-state index in [2.05, 4.69) is 279 Å². The molecule has 0 saturated heterocycles. The first-order chi connectivity index (χ1) is 44.5. The van der Waals surface area contributed by atoms with E-state index in [4.69, 9.17) is 9.97 Å². The summed E-state index contributed by atoms with van der Waals surface area (Å²) < 4.78 is 25.0. The Balaban J connectivity index is 0.792. The van der Waals surface area contributed by atoms with Gasteiger partial charge in [0.05, 0.1) is 49.8 Å². The van der Waals surface area contributed by atoms with Gasteiger partial charge in [0.2, 0.25) is 5.95 Å². The van der Waals surface area contributed by atoms with Crippen LogP contribution in [0.2, 0.25) is 0 Å². The summed E-state index contributed by atoms with van der Waals surface area (Å²) in [5.74, 6) is 1.27. The summed E-state index contributed by atoms with van der Waals surface area (Å²) in [5, 5.41) is 11.8. The van der Waals surface area contributed by atoms with Crippen LogP contribution in [0, 0.1) is 0 Å². The zero-order chi connectivity index (χ0) is 59.2. The Hall–Kier alpha value is -11.6. The second kappa shape index (κ2) is 19.4. The maximum absolute atomic E-state index is 15.7.